The highest BCUT2D eigenvalue weighted by Crippen LogP contribution is 2.32. The van der Waals surface area contributed by atoms with Crippen molar-refractivity contribution in [2.45, 2.75) is 6.92 Å². The largest absolute Gasteiger partial charge is 0.492 e. The summed E-state index contributed by atoms with van der Waals surface area (Å²) < 4.78 is 6.65. The predicted octanol–water partition coefficient (Wildman–Crippen LogP) is 4.02. The Labute approximate surface area is 121 Å². The highest BCUT2D eigenvalue weighted by atomic mass is 32.1. The molecule has 0 aliphatic heterocycles. The Balaban J connectivity index is 1.91. The van der Waals surface area contributed by atoms with Gasteiger partial charge in [0.25, 0.3) is 0 Å². The molecule has 0 atom stereocenters. The first kappa shape index (κ1) is 12.7. The van der Waals surface area contributed by atoms with Gasteiger partial charge in [-0.3, -0.25) is 0 Å². The van der Waals surface area contributed by atoms with Crippen LogP contribution in [0.4, 0.5) is 17.1 Å². The Morgan fingerprint density at radius 2 is 2.20 bits per heavy atom. The highest BCUT2D eigenvalue weighted by molar-refractivity contribution is 7.16. The first-order valence-electron chi connectivity index (χ1n) is 6.39. The van der Waals surface area contributed by atoms with Crippen molar-refractivity contribution >= 4 is 38.6 Å². The average Bonchev–Trinajstić information content (AvgIpc) is 2.91. The van der Waals surface area contributed by atoms with Crippen LogP contribution in [0.5, 0.6) is 5.75 Å². The zero-order valence-electron chi connectivity index (χ0n) is 11.1. The van der Waals surface area contributed by atoms with E-state index in [0.717, 1.165) is 21.6 Å². The molecule has 0 spiro atoms. The van der Waals surface area contributed by atoms with Crippen LogP contribution in [0.2, 0.25) is 0 Å². The van der Waals surface area contributed by atoms with Crippen LogP contribution < -0.4 is 15.8 Å². The zero-order valence-corrected chi connectivity index (χ0v) is 11.9. The molecule has 102 valence electrons. The van der Waals surface area contributed by atoms with Gasteiger partial charge >= 0.3 is 0 Å². The SMILES string of the molecule is CCOc1cccc(Nc2ccc3ncsc3c2)c1N. The standard InChI is InChI=1S/C15H15N3OS/c1-2-19-13-5-3-4-12(15(13)16)18-10-6-7-11-14(8-10)20-9-17-11/h3-9,18H,2,16H2,1H3. The number of thiazole rings is 1. The van der Waals surface area contributed by atoms with Crippen molar-refractivity contribution in [3.63, 3.8) is 0 Å². The summed E-state index contributed by atoms with van der Waals surface area (Å²) in [5, 5.41) is 3.33. The molecule has 0 radical (unpaired) electrons. The van der Waals surface area contributed by atoms with Crippen LogP contribution in [0.1, 0.15) is 6.92 Å². The Bertz CT molecular complexity index is 739. The maximum atomic E-state index is 6.11. The lowest BCUT2D eigenvalue weighted by Gasteiger charge is -2.13. The number of hydrogen-bond donors (Lipinski definition) is 2. The Morgan fingerprint density at radius 3 is 3.05 bits per heavy atom. The molecule has 0 saturated heterocycles. The van der Waals surface area contributed by atoms with Gasteiger partial charge in [0.1, 0.15) is 5.75 Å². The minimum atomic E-state index is 0.598. The monoisotopic (exact) mass is 285 g/mol. The summed E-state index contributed by atoms with van der Waals surface area (Å²) >= 11 is 1.62. The fourth-order valence-corrected chi connectivity index (χ4v) is 2.74. The zero-order chi connectivity index (χ0) is 13.9. The third-order valence-electron chi connectivity index (χ3n) is 2.98. The van der Waals surface area contributed by atoms with Crippen molar-refractivity contribution in [2.24, 2.45) is 0 Å². The second-order valence-electron chi connectivity index (χ2n) is 4.31. The number of ether oxygens (including phenoxy) is 1. The van der Waals surface area contributed by atoms with Crippen LogP contribution in [-0.2, 0) is 0 Å². The van der Waals surface area contributed by atoms with Gasteiger partial charge in [0.15, 0.2) is 0 Å². The van der Waals surface area contributed by atoms with Crippen LogP contribution in [0.3, 0.4) is 0 Å². The number of para-hydroxylation sites is 1. The number of fused-ring (bicyclic) bond motifs is 1. The maximum absolute atomic E-state index is 6.11. The van der Waals surface area contributed by atoms with Crippen LogP contribution in [0.25, 0.3) is 10.2 Å². The first-order valence-corrected chi connectivity index (χ1v) is 7.27. The second kappa shape index (κ2) is 5.38. The number of benzene rings is 2. The number of anilines is 3. The van der Waals surface area contributed by atoms with Crippen molar-refractivity contribution in [3.8, 4) is 5.75 Å². The summed E-state index contributed by atoms with van der Waals surface area (Å²) in [6, 6.07) is 11.8. The summed E-state index contributed by atoms with van der Waals surface area (Å²) in [5.74, 6) is 0.705. The number of nitrogens with zero attached hydrogens (tertiary/aromatic N) is 1. The molecule has 5 heteroatoms. The molecule has 0 amide bonds. The molecule has 3 rings (SSSR count). The molecule has 1 heterocycles. The van der Waals surface area contributed by atoms with E-state index in [1.54, 1.807) is 11.3 Å². The van der Waals surface area contributed by atoms with E-state index in [1.165, 1.54) is 0 Å². The smallest absolute Gasteiger partial charge is 0.144 e. The Morgan fingerprint density at radius 1 is 1.30 bits per heavy atom. The van der Waals surface area contributed by atoms with E-state index in [0.29, 0.717) is 18.0 Å². The minimum Gasteiger partial charge on any atom is -0.492 e. The van der Waals surface area contributed by atoms with Crippen LogP contribution in [0, 0.1) is 0 Å². The minimum absolute atomic E-state index is 0.598. The number of rotatable bonds is 4. The first-order chi connectivity index (χ1) is 9.78. The fourth-order valence-electron chi connectivity index (χ4n) is 2.02. The molecule has 3 aromatic rings. The lowest BCUT2D eigenvalue weighted by molar-refractivity contribution is 0.342. The van der Waals surface area contributed by atoms with Gasteiger partial charge in [-0.1, -0.05) is 6.07 Å². The van der Waals surface area contributed by atoms with E-state index < -0.39 is 0 Å². The highest BCUT2D eigenvalue weighted by Gasteiger charge is 2.06. The Hall–Kier alpha value is -2.27. The summed E-state index contributed by atoms with van der Waals surface area (Å²) in [5.41, 5.74) is 11.4. The molecule has 2 aromatic carbocycles. The molecule has 0 aliphatic carbocycles. The molecular weight excluding hydrogens is 270 g/mol. The third kappa shape index (κ3) is 2.40. The molecule has 0 bridgehead atoms. The lowest BCUT2D eigenvalue weighted by atomic mass is 10.2. The van der Waals surface area contributed by atoms with Gasteiger partial charge < -0.3 is 15.8 Å². The van der Waals surface area contributed by atoms with Gasteiger partial charge in [-0.25, -0.2) is 4.98 Å². The van der Waals surface area contributed by atoms with E-state index >= 15 is 0 Å². The number of aromatic nitrogens is 1. The van der Waals surface area contributed by atoms with Gasteiger partial charge in [0.2, 0.25) is 0 Å². The summed E-state index contributed by atoms with van der Waals surface area (Å²) in [6.45, 7) is 2.54. The molecule has 20 heavy (non-hydrogen) atoms. The van der Waals surface area contributed by atoms with Crippen molar-refractivity contribution in [1.82, 2.24) is 4.98 Å². The molecule has 0 fully saturated rings. The fraction of sp³-hybridized carbons (Fsp3) is 0.133. The van der Waals surface area contributed by atoms with Gasteiger partial charge in [-0.2, -0.15) is 0 Å². The van der Waals surface area contributed by atoms with E-state index in [2.05, 4.69) is 16.4 Å². The van der Waals surface area contributed by atoms with Crippen LogP contribution in [-0.4, -0.2) is 11.6 Å². The number of nitrogens with one attached hydrogen (secondary N) is 1. The predicted molar refractivity (Wildman–Crippen MR) is 84.9 cm³/mol. The van der Waals surface area contributed by atoms with E-state index in [-0.39, 0.29) is 0 Å². The van der Waals surface area contributed by atoms with Gasteiger partial charge in [0, 0.05) is 5.69 Å². The maximum Gasteiger partial charge on any atom is 0.144 e. The third-order valence-corrected chi connectivity index (χ3v) is 3.77. The quantitative estimate of drug-likeness (QED) is 0.711. The van der Waals surface area contributed by atoms with E-state index in [9.17, 15) is 0 Å². The van der Waals surface area contributed by atoms with Crippen molar-refractivity contribution in [2.75, 3.05) is 17.7 Å². The van der Waals surface area contributed by atoms with Crippen molar-refractivity contribution < 1.29 is 4.74 Å². The lowest BCUT2D eigenvalue weighted by Crippen LogP contribution is -2.01. The van der Waals surface area contributed by atoms with E-state index in [1.807, 2.05) is 42.8 Å². The van der Waals surface area contributed by atoms with Gasteiger partial charge in [-0.05, 0) is 37.3 Å². The summed E-state index contributed by atoms with van der Waals surface area (Å²) in [7, 11) is 0. The molecule has 1 aromatic heterocycles. The topological polar surface area (TPSA) is 60.2 Å². The summed E-state index contributed by atoms with van der Waals surface area (Å²) in [6.07, 6.45) is 0. The number of nitrogens with two attached hydrogens (primary N) is 1. The molecular formula is C15H15N3OS. The average molecular weight is 285 g/mol. The summed E-state index contributed by atoms with van der Waals surface area (Å²) in [4.78, 5) is 4.27. The molecule has 0 saturated carbocycles. The van der Waals surface area contributed by atoms with Crippen LogP contribution >= 0.6 is 11.3 Å². The van der Waals surface area contributed by atoms with Crippen molar-refractivity contribution in [3.05, 3.63) is 41.9 Å². The number of nitrogen functional groups attached to an aromatic ring is 1. The second-order valence-corrected chi connectivity index (χ2v) is 5.20. The molecule has 4 nitrogen and oxygen atoms in total. The number of hydrogen-bond acceptors (Lipinski definition) is 5. The van der Waals surface area contributed by atoms with Crippen LogP contribution in [0.15, 0.2) is 41.9 Å². The normalized spacial score (nSPS) is 10.7. The van der Waals surface area contributed by atoms with Crippen molar-refractivity contribution in [1.29, 1.82) is 0 Å². The molecule has 0 aliphatic rings. The molecule has 3 N–H and O–H groups in total. The van der Waals surface area contributed by atoms with E-state index in [4.69, 9.17) is 10.5 Å². The molecule has 0 unspecified atom stereocenters. The Kier molecular flexibility index (Phi) is 3.43. The van der Waals surface area contributed by atoms with Gasteiger partial charge in [0.05, 0.1) is 33.7 Å². The van der Waals surface area contributed by atoms with Gasteiger partial charge in [-0.15, -0.1) is 11.3 Å².